The van der Waals surface area contributed by atoms with Crippen LogP contribution in [0.4, 0.5) is 0 Å². The zero-order valence-corrected chi connectivity index (χ0v) is 31.6. The second-order valence-electron chi connectivity index (χ2n) is 15.0. The molecule has 2 atom stereocenters. The highest BCUT2D eigenvalue weighted by atomic mass is 14.8. The molecular weight excluding hydrogens is 705 g/mol. The summed E-state index contributed by atoms with van der Waals surface area (Å²) in [7, 11) is 0. The van der Waals surface area contributed by atoms with Crippen LogP contribution in [-0.4, -0.2) is 19.9 Å². The molecule has 2 aliphatic carbocycles. The zero-order valence-electron chi connectivity index (χ0n) is 31.6. The fraction of sp³-hybridized carbons (Fsp3) is 0.0370. The van der Waals surface area contributed by atoms with E-state index in [-0.39, 0.29) is 11.8 Å². The second-order valence-corrected chi connectivity index (χ2v) is 15.0. The van der Waals surface area contributed by atoms with Crippen LogP contribution in [0.25, 0.3) is 72.4 Å². The molecule has 0 radical (unpaired) electrons. The number of allylic oxidation sites excluding steroid dienone is 5. The summed E-state index contributed by atoms with van der Waals surface area (Å²) in [6.07, 6.45) is 12.7. The average Bonchev–Trinajstić information content (AvgIpc) is 3.31. The Hall–Kier alpha value is -7.56. The maximum Gasteiger partial charge on any atom is 0.0979 e. The van der Waals surface area contributed by atoms with E-state index in [0.717, 1.165) is 61.3 Å². The lowest BCUT2D eigenvalue weighted by molar-refractivity contribution is 0.649. The van der Waals surface area contributed by atoms with E-state index in [4.69, 9.17) is 9.97 Å². The Balaban J connectivity index is 1.08. The number of fused-ring (bicyclic) bond motifs is 5. The summed E-state index contributed by atoms with van der Waals surface area (Å²) >= 11 is 0. The first-order valence-corrected chi connectivity index (χ1v) is 19.8. The molecule has 4 aromatic heterocycles. The SMILES string of the molecule is C1=CC2=C(c3ccccc3)c3ccc(-c4cccc(-c5cc6ccc(-c7ccccn7)nc6c6nc(-c7ccccn7)ccc56)c4)cc3C(c3ccccc3)C2C=C1. The third-order valence-electron chi connectivity index (χ3n) is 11.6. The monoisotopic (exact) mass is 740 g/mol. The van der Waals surface area contributed by atoms with Crippen LogP contribution in [-0.2, 0) is 0 Å². The maximum absolute atomic E-state index is 5.27. The molecule has 0 fully saturated rings. The molecule has 9 aromatic rings. The Morgan fingerprint density at radius 1 is 0.431 bits per heavy atom. The molecule has 272 valence electrons. The molecule has 0 amide bonds. The molecule has 5 aromatic carbocycles. The van der Waals surface area contributed by atoms with Gasteiger partial charge in [0.1, 0.15) is 0 Å². The Kier molecular flexibility index (Phi) is 8.25. The summed E-state index contributed by atoms with van der Waals surface area (Å²) in [4.78, 5) is 19.7. The van der Waals surface area contributed by atoms with Gasteiger partial charge in [-0.15, -0.1) is 0 Å². The maximum atomic E-state index is 5.27. The standard InChI is InChI=1S/C54H36N4/c1-3-14-35(15-4-1)51-41-20-7-8-21-42(41)52(36-16-5-2-6-17-36)46-33-38(24-26-43(46)51)37-18-13-19-39(32-37)45-34-40-25-28-49(47-22-9-11-30-55-47)57-53(40)54-44(45)27-29-50(58-54)48-23-10-12-31-56-48/h1-34,42,52H. The Bertz CT molecular complexity index is 3100. The van der Waals surface area contributed by atoms with Crippen LogP contribution in [0.1, 0.15) is 28.2 Å². The van der Waals surface area contributed by atoms with Gasteiger partial charge in [0.15, 0.2) is 0 Å². The normalized spacial score (nSPS) is 15.7. The number of nitrogens with zero attached hydrogens (tertiary/aromatic N) is 4. The van der Waals surface area contributed by atoms with E-state index in [1.165, 1.54) is 39.0 Å². The van der Waals surface area contributed by atoms with Crippen molar-refractivity contribution in [2.45, 2.75) is 5.92 Å². The van der Waals surface area contributed by atoms with Crippen LogP contribution in [0, 0.1) is 5.92 Å². The van der Waals surface area contributed by atoms with Crippen molar-refractivity contribution in [3.8, 4) is 45.0 Å². The predicted octanol–water partition coefficient (Wildman–Crippen LogP) is 12.9. The molecule has 0 aliphatic heterocycles. The fourth-order valence-corrected chi connectivity index (χ4v) is 8.93. The molecule has 2 aliphatic rings. The fourth-order valence-electron chi connectivity index (χ4n) is 8.93. The molecule has 0 bridgehead atoms. The van der Waals surface area contributed by atoms with Crippen molar-refractivity contribution in [1.82, 2.24) is 19.9 Å². The van der Waals surface area contributed by atoms with Crippen molar-refractivity contribution >= 4 is 27.4 Å². The lowest BCUT2D eigenvalue weighted by Gasteiger charge is -2.37. The Labute approximate surface area is 337 Å². The Morgan fingerprint density at radius 3 is 1.86 bits per heavy atom. The van der Waals surface area contributed by atoms with E-state index < -0.39 is 0 Å². The molecule has 0 saturated carbocycles. The van der Waals surface area contributed by atoms with Gasteiger partial charge in [-0.1, -0.05) is 133 Å². The third kappa shape index (κ3) is 5.86. The van der Waals surface area contributed by atoms with Gasteiger partial charge in [-0.2, -0.15) is 0 Å². The molecule has 0 N–H and O–H groups in total. The molecular formula is C54H36N4. The van der Waals surface area contributed by atoms with Crippen molar-refractivity contribution in [3.05, 3.63) is 234 Å². The topological polar surface area (TPSA) is 51.6 Å². The van der Waals surface area contributed by atoms with Crippen LogP contribution in [0.2, 0.25) is 0 Å². The summed E-state index contributed by atoms with van der Waals surface area (Å²) < 4.78 is 0. The molecule has 11 rings (SSSR count). The van der Waals surface area contributed by atoms with Crippen LogP contribution in [0.15, 0.2) is 212 Å². The summed E-state index contributed by atoms with van der Waals surface area (Å²) in [5.74, 6) is 0.395. The van der Waals surface area contributed by atoms with Gasteiger partial charge in [0.25, 0.3) is 0 Å². The summed E-state index contributed by atoms with van der Waals surface area (Å²) in [5.41, 5.74) is 17.4. The van der Waals surface area contributed by atoms with Gasteiger partial charge in [-0.25, -0.2) is 9.97 Å². The molecule has 4 heterocycles. The van der Waals surface area contributed by atoms with E-state index in [9.17, 15) is 0 Å². The minimum absolute atomic E-state index is 0.176. The average molecular weight is 741 g/mol. The minimum atomic E-state index is 0.176. The zero-order chi connectivity index (χ0) is 38.4. The van der Waals surface area contributed by atoms with Crippen molar-refractivity contribution in [3.63, 3.8) is 0 Å². The predicted molar refractivity (Wildman–Crippen MR) is 237 cm³/mol. The van der Waals surface area contributed by atoms with Gasteiger partial charge in [-0.05, 0) is 116 Å². The molecule has 0 saturated heterocycles. The minimum Gasteiger partial charge on any atom is -0.255 e. The van der Waals surface area contributed by atoms with Crippen LogP contribution in [0.3, 0.4) is 0 Å². The van der Waals surface area contributed by atoms with Gasteiger partial charge in [0, 0.05) is 35.0 Å². The van der Waals surface area contributed by atoms with E-state index in [1.54, 1.807) is 6.20 Å². The number of aromatic nitrogens is 4. The van der Waals surface area contributed by atoms with Crippen molar-refractivity contribution in [1.29, 1.82) is 0 Å². The summed E-state index contributed by atoms with van der Waals surface area (Å²) in [6, 6.07) is 60.4. The van der Waals surface area contributed by atoms with E-state index in [0.29, 0.717) is 0 Å². The van der Waals surface area contributed by atoms with Crippen molar-refractivity contribution in [2.75, 3.05) is 0 Å². The van der Waals surface area contributed by atoms with Crippen LogP contribution < -0.4 is 0 Å². The first-order chi connectivity index (χ1) is 28.8. The lowest BCUT2D eigenvalue weighted by atomic mass is 9.66. The highest BCUT2D eigenvalue weighted by molar-refractivity contribution is 6.11. The number of benzene rings is 5. The first-order valence-electron chi connectivity index (χ1n) is 19.8. The first kappa shape index (κ1) is 33.8. The number of rotatable bonds is 6. The Morgan fingerprint density at radius 2 is 1.10 bits per heavy atom. The number of hydrogen-bond donors (Lipinski definition) is 0. The molecule has 58 heavy (non-hydrogen) atoms. The van der Waals surface area contributed by atoms with Crippen molar-refractivity contribution < 1.29 is 0 Å². The molecule has 2 unspecified atom stereocenters. The highest BCUT2D eigenvalue weighted by Gasteiger charge is 2.35. The van der Waals surface area contributed by atoms with Gasteiger partial charge in [0.05, 0.1) is 33.8 Å². The van der Waals surface area contributed by atoms with Gasteiger partial charge >= 0.3 is 0 Å². The third-order valence-corrected chi connectivity index (χ3v) is 11.6. The summed E-state index contributed by atoms with van der Waals surface area (Å²) in [5, 5.41) is 2.05. The lowest BCUT2D eigenvalue weighted by Crippen LogP contribution is -2.23. The number of hydrogen-bond acceptors (Lipinski definition) is 4. The molecule has 4 nitrogen and oxygen atoms in total. The second kappa shape index (κ2) is 14.2. The smallest absolute Gasteiger partial charge is 0.0979 e. The van der Waals surface area contributed by atoms with Gasteiger partial charge < -0.3 is 0 Å². The van der Waals surface area contributed by atoms with E-state index >= 15 is 0 Å². The van der Waals surface area contributed by atoms with Gasteiger partial charge in [-0.3, -0.25) is 9.97 Å². The highest BCUT2D eigenvalue weighted by Crippen LogP contribution is 2.51. The van der Waals surface area contributed by atoms with E-state index in [2.05, 4.69) is 168 Å². The largest absolute Gasteiger partial charge is 0.255 e. The van der Waals surface area contributed by atoms with Crippen molar-refractivity contribution in [2.24, 2.45) is 5.92 Å². The number of pyridine rings is 4. The van der Waals surface area contributed by atoms with E-state index in [1.807, 2.05) is 42.6 Å². The summed E-state index contributed by atoms with van der Waals surface area (Å²) in [6.45, 7) is 0. The van der Waals surface area contributed by atoms with Gasteiger partial charge in [0.2, 0.25) is 0 Å². The molecule has 0 spiro atoms. The molecule has 4 heteroatoms. The quantitative estimate of drug-likeness (QED) is 0.159. The van der Waals surface area contributed by atoms with Crippen LogP contribution >= 0.6 is 0 Å². The van der Waals surface area contributed by atoms with Crippen LogP contribution in [0.5, 0.6) is 0 Å².